The molecule has 2 unspecified atom stereocenters. The summed E-state index contributed by atoms with van der Waals surface area (Å²) in [4.78, 5) is 11.3. The quantitative estimate of drug-likeness (QED) is 0.611. The molecule has 1 aromatic rings. The number of fused-ring (bicyclic) bond motifs is 1. The van der Waals surface area contributed by atoms with E-state index in [1.54, 1.807) is 18.2 Å². The zero-order valence-electron chi connectivity index (χ0n) is 7.89. The lowest BCUT2D eigenvalue weighted by Crippen LogP contribution is -2.02. The Morgan fingerprint density at radius 2 is 2.27 bits per heavy atom. The van der Waals surface area contributed by atoms with Crippen molar-refractivity contribution in [1.29, 1.82) is 0 Å². The van der Waals surface area contributed by atoms with Crippen LogP contribution in [0, 0.1) is 0 Å². The first-order valence-corrected chi connectivity index (χ1v) is 6.28. The Labute approximate surface area is 95.0 Å². The first kappa shape index (κ1) is 10.5. The number of hydrogen-bond donors (Lipinski definition) is 2. The first-order valence-electron chi connectivity index (χ1n) is 4.21. The Kier molecular flexibility index (Phi) is 2.70. The fourth-order valence-electron chi connectivity index (χ4n) is 1.41. The molecule has 0 saturated heterocycles. The lowest BCUT2D eigenvalue weighted by Gasteiger charge is -2.05. The fourth-order valence-corrected chi connectivity index (χ4v) is 2.18. The van der Waals surface area contributed by atoms with Crippen LogP contribution in [0.5, 0.6) is 0 Å². The monoisotopic (exact) mass is 243 g/mol. The van der Waals surface area contributed by atoms with E-state index in [2.05, 4.69) is 17.4 Å². The van der Waals surface area contributed by atoms with Crippen LogP contribution >= 0.6 is 12.6 Å². The third kappa shape index (κ3) is 2.00. The molecule has 1 aliphatic rings. The molecular formula is C9H9NO3S2. The largest absolute Gasteiger partial charge is 0.443 e. The van der Waals surface area contributed by atoms with Crippen molar-refractivity contribution in [3.63, 3.8) is 0 Å². The average Bonchev–Trinajstić information content (AvgIpc) is 2.41. The number of carbonyl (C=O) groups excluding carboxylic acids is 1. The Bertz CT molecular complexity index is 447. The van der Waals surface area contributed by atoms with Gasteiger partial charge < -0.3 is 9.46 Å². The van der Waals surface area contributed by atoms with Gasteiger partial charge in [0.2, 0.25) is 0 Å². The minimum atomic E-state index is -1.13. The first-order chi connectivity index (χ1) is 7.08. The second-order valence-corrected chi connectivity index (χ2v) is 4.70. The predicted molar refractivity (Wildman–Crippen MR) is 61.3 cm³/mol. The number of thiol groups is 1. The Hall–Kier alpha value is -1.01. The molecule has 0 aromatic heterocycles. The summed E-state index contributed by atoms with van der Waals surface area (Å²) in [5.41, 5.74) is 1.38. The van der Waals surface area contributed by atoms with Crippen molar-refractivity contribution in [1.82, 2.24) is 0 Å². The second kappa shape index (κ2) is 3.86. The molecule has 1 aromatic carbocycles. The summed E-state index contributed by atoms with van der Waals surface area (Å²) in [6.07, 6.45) is 1.53. The van der Waals surface area contributed by atoms with Gasteiger partial charge in [0.25, 0.3) is 0 Å². The fraction of sp³-hybridized carbons (Fsp3) is 0.222. The van der Waals surface area contributed by atoms with Crippen molar-refractivity contribution in [3.8, 4) is 0 Å². The molecule has 0 saturated carbocycles. The van der Waals surface area contributed by atoms with Gasteiger partial charge in [-0.2, -0.15) is 0 Å². The van der Waals surface area contributed by atoms with Crippen LogP contribution in [0.15, 0.2) is 18.2 Å². The lowest BCUT2D eigenvalue weighted by atomic mass is 10.1. The highest BCUT2D eigenvalue weighted by molar-refractivity contribution is 7.85. The topological polar surface area (TPSA) is 55.4 Å². The summed E-state index contributed by atoms with van der Waals surface area (Å²) in [6, 6.07) is 5.05. The van der Waals surface area contributed by atoms with Crippen LogP contribution in [0.1, 0.15) is 21.4 Å². The molecule has 0 spiro atoms. The van der Waals surface area contributed by atoms with E-state index < -0.39 is 16.4 Å². The Balaban J connectivity index is 2.38. The number of hydrogen-bond acceptors (Lipinski definition) is 4. The third-order valence-corrected chi connectivity index (χ3v) is 2.92. The third-order valence-electron chi connectivity index (χ3n) is 2.02. The van der Waals surface area contributed by atoms with Crippen LogP contribution in [0.25, 0.3) is 0 Å². The van der Waals surface area contributed by atoms with E-state index in [0.29, 0.717) is 16.8 Å². The number of rotatable bonds is 2. The van der Waals surface area contributed by atoms with Crippen LogP contribution < -0.4 is 4.72 Å². The predicted octanol–water partition coefficient (Wildman–Crippen LogP) is 1.49. The average molecular weight is 243 g/mol. The van der Waals surface area contributed by atoms with Crippen molar-refractivity contribution in [2.45, 2.75) is 5.44 Å². The maximum absolute atomic E-state index is 11.3. The van der Waals surface area contributed by atoms with E-state index in [1.165, 1.54) is 6.26 Å². The minimum Gasteiger partial charge on any atom is -0.443 e. The van der Waals surface area contributed by atoms with Gasteiger partial charge in [-0.15, -0.1) is 12.6 Å². The van der Waals surface area contributed by atoms with Gasteiger partial charge in [-0.05, 0) is 18.2 Å². The maximum Gasteiger partial charge on any atom is 0.340 e. The highest BCUT2D eigenvalue weighted by Crippen LogP contribution is 2.34. The normalized spacial score (nSPS) is 20.7. The minimum absolute atomic E-state index is 0.367. The van der Waals surface area contributed by atoms with Crippen molar-refractivity contribution in [2.75, 3.05) is 11.0 Å². The Morgan fingerprint density at radius 1 is 1.53 bits per heavy atom. The number of carbonyl (C=O) groups is 1. The molecule has 1 aliphatic heterocycles. The number of esters is 1. The number of nitrogens with one attached hydrogen (secondary N) is 1. The molecular weight excluding hydrogens is 234 g/mol. The van der Waals surface area contributed by atoms with E-state index in [0.717, 1.165) is 0 Å². The molecule has 0 aliphatic carbocycles. The second-order valence-electron chi connectivity index (χ2n) is 3.12. The van der Waals surface area contributed by atoms with E-state index >= 15 is 0 Å². The van der Waals surface area contributed by atoms with Gasteiger partial charge in [0, 0.05) is 17.5 Å². The molecule has 80 valence electrons. The van der Waals surface area contributed by atoms with Crippen LogP contribution in [0.3, 0.4) is 0 Å². The maximum atomic E-state index is 11.3. The van der Waals surface area contributed by atoms with Gasteiger partial charge in [-0.1, -0.05) is 0 Å². The molecule has 1 N–H and O–H groups in total. The van der Waals surface area contributed by atoms with E-state index in [1.807, 2.05) is 0 Å². The zero-order valence-corrected chi connectivity index (χ0v) is 9.60. The Morgan fingerprint density at radius 3 is 2.93 bits per heavy atom. The molecule has 2 atom stereocenters. The van der Waals surface area contributed by atoms with Gasteiger partial charge >= 0.3 is 5.97 Å². The summed E-state index contributed by atoms with van der Waals surface area (Å²) in [6.45, 7) is 0. The van der Waals surface area contributed by atoms with Crippen molar-refractivity contribution in [2.24, 2.45) is 0 Å². The lowest BCUT2D eigenvalue weighted by molar-refractivity contribution is 0.0524. The van der Waals surface area contributed by atoms with Crippen LogP contribution in [0.4, 0.5) is 5.69 Å². The SMILES string of the molecule is CS(=O)Nc1ccc2c(c1)C(S)OC2=O. The standard InChI is InChI=1S/C9H9NO3S2/c1-15(12)10-5-2-3-6-7(4-5)9(14)13-8(6)11/h2-4,9-10,14H,1H3. The van der Waals surface area contributed by atoms with Crippen LogP contribution in [0.2, 0.25) is 0 Å². The summed E-state index contributed by atoms with van der Waals surface area (Å²) in [5.74, 6) is -0.367. The molecule has 2 rings (SSSR count). The van der Waals surface area contributed by atoms with Gasteiger partial charge in [0.15, 0.2) is 5.44 Å². The van der Waals surface area contributed by atoms with E-state index in [-0.39, 0.29) is 5.97 Å². The molecule has 0 fully saturated rings. The van der Waals surface area contributed by atoms with Gasteiger partial charge in [-0.25, -0.2) is 9.00 Å². The molecule has 1 heterocycles. The number of anilines is 1. The van der Waals surface area contributed by atoms with Gasteiger partial charge in [0.1, 0.15) is 11.0 Å². The molecule has 6 heteroatoms. The molecule has 4 nitrogen and oxygen atoms in total. The molecule has 15 heavy (non-hydrogen) atoms. The number of ether oxygens (including phenoxy) is 1. The molecule has 0 radical (unpaired) electrons. The van der Waals surface area contributed by atoms with Crippen LogP contribution in [-0.4, -0.2) is 16.4 Å². The summed E-state index contributed by atoms with van der Waals surface area (Å²) >= 11 is 4.12. The van der Waals surface area contributed by atoms with E-state index in [4.69, 9.17) is 4.74 Å². The molecule has 0 bridgehead atoms. The summed E-state index contributed by atoms with van der Waals surface area (Å²) in [7, 11) is -1.13. The zero-order chi connectivity index (χ0) is 11.0. The van der Waals surface area contributed by atoms with Crippen molar-refractivity contribution < 1.29 is 13.7 Å². The highest BCUT2D eigenvalue weighted by atomic mass is 32.2. The smallest absolute Gasteiger partial charge is 0.340 e. The number of benzene rings is 1. The van der Waals surface area contributed by atoms with Crippen molar-refractivity contribution >= 4 is 35.3 Å². The van der Waals surface area contributed by atoms with Crippen LogP contribution in [-0.2, 0) is 15.7 Å². The van der Waals surface area contributed by atoms with E-state index in [9.17, 15) is 9.00 Å². The van der Waals surface area contributed by atoms with Gasteiger partial charge in [0.05, 0.1) is 5.56 Å². The number of cyclic esters (lactones) is 1. The van der Waals surface area contributed by atoms with Gasteiger partial charge in [-0.3, -0.25) is 0 Å². The molecule has 0 amide bonds. The summed E-state index contributed by atoms with van der Waals surface area (Å²) in [5, 5.41) is 0. The highest BCUT2D eigenvalue weighted by Gasteiger charge is 2.28. The van der Waals surface area contributed by atoms with Crippen molar-refractivity contribution in [3.05, 3.63) is 29.3 Å². The summed E-state index contributed by atoms with van der Waals surface area (Å²) < 4.78 is 18.6.